The number of carboxylic acid groups (broad SMARTS) is 1. The van der Waals surface area contributed by atoms with Crippen LogP contribution in [-0.4, -0.2) is 55.0 Å². The summed E-state index contributed by atoms with van der Waals surface area (Å²) in [6, 6.07) is -1.37. The zero-order valence-corrected chi connectivity index (χ0v) is 11.4. The number of rotatable bonds is 8. The molecule has 0 aliphatic rings. The average molecular weight is 283 g/mol. The molecule has 0 fully saturated rings. The van der Waals surface area contributed by atoms with Crippen LogP contribution in [0.5, 0.6) is 0 Å². The number of sulfone groups is 1. The molecule has 8 heteroatoms. The number of thioether (sulfide) groups is 1. The molecule has 0 bridgehead atoms. The molecule has 0 aromatic carbocycles. The first-order valence-electron chi connectivity index (χ1n) is 4.98. The molecular weight excluding hydrogens is 266 g/mol. The molecule has 0 aromatic heterocycles. The predicted molar refractivity (Wildman–Crippen MR) is 66.9 cm³/mol. The van der Waals surface area contributed by atoms with Crippen LogP contribution in [0, 0.1) is 0 Å². The standard InChI is InChI=1S/C9H17NO5S2/c1-7(11)10-8(9(12)13)6-17(14,15)5-3-4-16-2/h8H,3-6H2,1-2H3,(H,10,11)(H,12,13). The van der Waals surface area contributed by atoms with Crippen molar-refractivity contribution >= 4 is 33.5 Å². The normalized spacial score (nSPS) is 13.1. The summed E-state index contributed by atoms with van der Waals surface area (Å²) in [7, 11) is -3.45. The molecule has 0 aliphatic carbocycles. The summed E-state index contributed by atoms with van der Waals surface area (Å²) in [5.74, 6) is -1.81. The molecular formula is C9H17NO5S2. The van der Waals surface area contributed by atoms with Crippen molar-refractivity contribution in [2.24, 2.45) is 0 Å². The maximum absolute atomic E-state index is 11.6. The Balaban J connectivity index is 4.42. The summed E-state index contributed by atoms with van der Waals surface area (Å²) in [5, 5.41) is 10.9. The molecule has 1 atom stereocenters. The third kappa shape index (κ3) is 8.03. The van der Waals surface area contributed by atoms with Gasteiger partial charge in [0, 0.05) is 6.92 Å². The van der Waals surface area contributed by atoms with E-state index in [9.17, 15) is 18.0 Å². The summed E-state index contributed by atoms with van der Waals surface area (Å²) in [6.45, 7) is 1.15. The highest BCUT2D eigenvalue weighted by Gasteiger charge is 2.25. The van der Waals surface area contributed by atoms with E-state index in [1.54, 1.807) is 0 Å². The van der Waals surface area contributed by atoms with E-state index in [4.69, 9.17) is 5.11 Å². The first kappa shape index (κ1) is 16.2. The van der Waals surface area contributed by atoms with E-state index in [0.29, 0.717) is 12.2 Å². The van der Waals surface area contributed by atoms with Gasteiger partial charge in [0.1, 0.15) is 6.04 Å². The van der Waals surface area contributed by atoms with Gasteiger partial charge in [-0.05, 0) is 18.4 Å². The van der Waals surface area contributed by atoms with Gasteiger partial charge in [-0.2, -0.15) is 11.8 Å². The van der Waals surface area contributed by atoms with E-state index < -0.39 is 33.5 Å². The van der Waals surface area contributed by atoms with E-state index in [1.807, 2.05) is 6.26 Å². The molecule has 0 spiro atoms. The summed E-state index contributed by atoms with van der Waals surface area (Å²) in [6.07, 6.45) is 2.35. The molecule has 0 rings (SSSR count). The monoisotopic (exact) mass is 283 g/mol. The Morgan fingerprint density at radius 3 is 2.41 bits per heavy atom. The highest BCUT2D eigenvalue weighted by atomic mass is 32.2. The summed E-state index contributed by atoms with van der Waals surface area (Å²) < 4.78 is 23.2. The van der Waals surface area contributed by atoms with Gasteiger partial charge in [-0.15, -0.1) is 0 Å². The molecule has 2 N–H and O–H groups in total. The quantitative estimate of drug-likeness (QED) is 0.595. The Bertz CT molecular complexity index is 366. The van der Waals surface area contributed by atoms with Crippen LogP contribution in [0.2, 0.25) is 0 Å². The van der Waals surface area contributed by atoms with Gasteiger partial charge in [0.25, 0.3) is 0 Å². The number of aliphatic carboxylic acids is 1. The second-order valence-electron chi connectivity index (χ2n) is 3.55. The summed E-state index contributed by atoms with van der Waals surface area (Å²) in [4.78, 5) is 21.5. The van der Waals surface area contributed by atoms with Crippen molar-refractivity contribution in [1.29, 1.82) is 0 Å². The van der Waals surface area contributed by atoms with Crippen molar-refractivity contribution in [2.75, 3.05) is 23.5 Å². The van der Waals surface area contributed by atoms with Gasteiger partial charge in [-0.1, -0.05) is 0 Å². The van der Waals surface area contributed by atoms with Crippen LogP contribution in [0.25, 0.3) is 0 Å². The van der Waals surface area contributed by atoms with E-state index in [0.717, 1.165) is 6.92 Å². The smallest absolute Gasteiger partial charge is 0.327 e. The second-order valence-corrected chi connectivity index (χ2v) is 6.77. The Labute approximate surface area is 105 Å². The maximum atomic E-state index is 11.6. The van der Waals surface area contributed by atoms with Crippen LogP contribution in [0.1, 0.15) is 13.3 Å². The highest BCUT2D eigenvalue weighted by Crippen LogP contribution is 2.02. The lowest BCUT2D eigenvalue weighted by Crippen LogP contribution is -2.44. The van der Waals surface area contributed by atoms with Crippen molar-refractivity contribution in [2.45, 2.75) is 19.4 Å². The fourth-order valence-corrected chi connectivity index (χ4v) is 3.28. The van der Waals surface area contributed by atoms with Crippen molar-refractivity contribution in [3.8, 4) is 0 Å². The molecule has 0 aliphatic heterocycles. The van der Waals surface area contributed by atoms with Crippen molar-refractivity contribution < 1.29 is 23.1 Å². The van der Waals surface area contributed by atoms with Crippen molar-refractivity contribution in [3.05, 3.63) is 0 Å². The zero-order valence-electron chi connectivity index (χ0n) is 9.80. The summed E-state index contributed by atoms with van der Waals surface area (Å²) >= 11 is 1.53. The number of carboxylic acids is 1. The fraction of sp³-hybridized carbons (Fsp3) is 0.778. The minimum atomic E-state index is -3.45. The number of hydrogen-bond acceptors (Lipinski definition) is 5. The third-order valence-corrected chi connectivity index (χ3v) is 4.35. The van der Waals surface area contributed by atoms with Crippen LogP contribution in [0.15, 0.2) is 0 Å². The van der Waals surface area contributed by atoms with Crippen LogP contribution < -0.4 is 5.32 Å². The lowest BCUT2D eigenvalue weighted by molar-refractivity contribution is -0.140. The van der Waals surface area contributed by atoms with Gasteiger partial charge < -0.3 is 10.4 Å². The van der Waals surface area contributed by atoms with Gasteiger partial charge in [-0.25, -0.2) is 13.2 Å². The van der Waals surface area contributed by atoms with Gasteiger partial charge in [0.2, 0.25) is 5.91 Å². The molecule has 0 heterocycles. The minimum absolute atomic E-state index is 0.0583. The Morgan fingerprint density at radius 2 is 2.00 bits per heavy atom. The predicted octanol–water partition coefficient (Wildman–Crippen LogP) is -0.256. The van der Waals surface area contributed by atoms with Crippen molar-refractivity contribution in [3.63, 3.8) is 0 Å². The molecule has 100 valence electrons. The van der Waals surface area contributed by atoms with Crippen LogP contribution in [0.4, 0.5) is 0 Å². The van der Waals surface area contributed by atoms with Gasteiger partial charge in [0.05, 0.1) is 11.5 Å². The minimum Gasteiger partial charge on any atom is -0.480 e. The Morgan fingerprint density at radius 1 is 1.41 bits per heavy atom. The number of nitrogens with one attached hydrogen (secondary N) is 1. The van der Waals surface area contributed by atoms with Crippen molar-refractivity contribution in [1.82, 2.24) is 5.32 Å². The van der Waals surface area contributed by atoms with E-state index in [-0.39, 0.29) is 5.75 Å². The summed E-state index contributed by atoms with van der Waals surface area (Å²) in [5.41, 5.74) is 0. The molecule has 1 unspecified atom stereocenters. The number of carbonyl (C=O) groups excluding carboxylic acids is 1. The lowest BCUT2D eigenvalue weighted by atomic mass is 10.3. The molecule has 0 saturated heterocycles. The molecule has 0 saturated carbocycles. The average Bonchev–Trinajstić information content (AvgIpc) is 2.15. The highest BCUT2D eigenvalue weighted by molar-refractivity contribution is 7.98. The molecule has 17 heavy (non-hydrogen) atoms. The van der Waals surface area contributed by atoms with Gasteiger partial charge in [0.15, 0.2) is 9.84 Å². The fourth-order valence-electron chi connectivity index (χ4n) is 1.18. The maximum Gasteiger partial charge on any atom is 0.327 e. The van der Waals surface area contributed by atoms with Crippen LogP contribution >= 0.6 is 11.8 Å². The third-order valence-electron chi connectivity index (χ3n) is 1.90. The number of amides is 1. The molecule has 1 amide bonds. The first-order valence-corrected chi connectivity index (χ1v) is 8.19. The Hall–Kier alpha value is -0.760. The largest absolute Gasteiger partial charge is 0.480 e. The van der Waals surface area contributed by atoms with Gasteiger partial charge in [-0.3, -0.25) is 4.79 Å². The number of carbonyl (C=O) groups is 2. The lowest BCUT2D eigenvalue weighted by Gasteiger charge is -2.13. The second kappa shape index (κ2) is 7.54. The topological polar surface area (TPSA) is 101 Å². The SMILES string of the molecule is CSCCCS(=O)(=O)CC(NC(C)=O)C(=O)O. The number of hydrogen-bond donors (Lipinski definition) is 2. The van der Waals surface area contributed by atoms with E-state index in [1.165, 1.54) is 11.8 Å². The first-order chi connectivity index (χ1) is 7.78. The molecule has 6 nitrogen and oxygen atoms in total. The zero-order chi connectivity index (χ0) is 13.5. The molecule has 0 radical (unpaired) electrons. The van der Waals surface area contributed by atoms with Gasteiger partial charge >= 0.3 is 5.97 Å². The van der Waals surface area contributed by atoms with E-state index >= 15 is 0 Å². The van der Waals surface area contributed by atoms with E-state index in [2.05, 4.69) is 5.32 Å². The van der Waals surface area contributed by atoms with Crippen LogP contribution in [-0.2, 0) is 19.4 Å². The molecule has 0 aromatic rings. The van der Waals surface area contributed by atoms with Crippen LogP contribution in [0.3, 0.4) is 0 Å². The Kier molecular flexibility index (Phi) is 7.21.